The van der Waals surface area contributed by atoms with Gasteiger partial charge in [0.05, 0.1) is 6.10 Å². The molecule has 2 saturated heterocycles. The van der Waals surface area contributed by atoms with Crippen molar-refractivity contribution in [3.63, 3.8) is 0 Å². The predicted octanol–water partition coefficient (Wildman–Crippen LogP) is 0.255. The fraction of sp³-hybridized carbons (Fsp3) is 0.917. The predicted molar refractivity (Wildman–Crippen MR) is 64.1 cm³/mol. The summed E-state index contributed by atoms with van der Waals surface area (Å²) in [6.07, 6.45) is 1.04. The Balaban J connectivity index is 1.80. The van der Waals surface area contributed by atoms with Crippen LogP contribution in [0.2, 0.25) is 0 Å². The largest absolute Gasteiger partial charge is 0.479 e. The number of hydrogen-bond donors (Lipinski definition) is 1. The van der Waals surface area contributed by atoms with Crippen LogP contribution in [-0.4, -0.2) is 72.4 Å². The fourth-order valence-electron chi connectivity index (χ4n) is 2.73. The van der Waals surface area contributed by atoms with E-state index in [0.29, 0.717) is 12.5 Å². The normalized spacial score (nSPS) is 36.2. The molecule has 0 aliphatic carbocycles. The lowest BCUT2D eigenvalue weighted by atomic mass is 10.1. The summed E-state index contributed by atoms with van der Waals surface area (Å²) >= 11 is 0. The third-order valence-electron chi connectivity index (χ3n) is 3.79. The van der Waals surface area contributed by atoms with Crippen LogP contribution in [0.5, 0.6) is 0 Å². The lowest BCUT2D eigenvalue weighted by Crippen LogP contribution is -2.52. The van der Waals surface area contributed by atoms with Gasteiger partial charge in [-0.3, -0.25) is 4.90 Å². The van der Waals surface area contributed by atoms with Crippen LogP contribution in [0.15, 0.2) is 0 Å². The van der Waals surface area contributed by atoms with Crippen molar-refractivity contribution in [1.82, 2.24) is 9.80 Å². The van der Waals surface area contributed by atoms with Crippen LogP contribution in [0.3, 0.4) is 0 Å². The number of ether oxygens (including phenoxy) is 1. The van der Waals surface area contributed by atoms with Crippen LogP contribution < -0.4 is 0 Å². The molecule has 5 heteroatoms. The van der Waals surface area contributed by atoms with Crippen LogP contribution in [0.4, 0.5) is 0 Å². The van der Waals surface area contributed by atoms with E-state index in [0.717, 1.165) is 32.6 Å². The number of aliphatic carboxylic acids is 1. The smallest absolute Gasteiger partial charge is 0.332 e. The maximum absolute atomic E-state index is 10.8. The van der Waals surface area contributed by atoms with Gasteiger partial charge in [-0.25, -0.2) is 4.79 Å². The van der Waals surface area contributed by atoms with Crippen molar-refractivity contribution in [3.8, 4) is 0 Å². The molecule has 5 nitrogen and oxygen atoms in total. The molecule has 3 atom stereocenters. The summed E-state index contributed by atoms with van der Waals surface area (Å²) < 4.78 is 5.55. The molecule has 0 spiro atoms. The second-order valence-corrected chi connectivity index (χ2v) is 5.27. The highest BCUT2D eigenvalue weighted by Crippen LogP contribution is 2.22. The van der Waals surface area contributed by atoms with E-state index in [1.165, 1.54) is 0 Å². The van der Waals surface area contributed by atoms with Gasteiger partial charge in [-0.15, -0.1) is 0 Å². The Bertz CT molecular complexity index is 285. The van der Waals surface area contributed by atoms with Crippen LogP contribution >= 0.6 is 0 Å². The Labute approximate surface area is 102 Å². The molecule has 2 aliphatic heterocycles. The van der Waals surface area contributed by atoms with Gasteiger partial charge in [0.2, 0.25) is 0 Å². The first-order chi connectivity index (χ1) is 8.06. The molecule has 3 unspecified atom stereocenters. The SMILES string of the molecule is CC1CN(C)CCN1CC1CCC(C(=O)O)O1. The van der Waals surface area contributed by atoms with Gasteiger partial charge < -0.3 is 14.7 Å². The number of hydrogen-bond acceptors (Lipinski definition) is 4. The summed E-state index contributed by atoms with van der Waals surface area (Å²) in [5, 5.41) is 8.88. The molecule has 2 aliphatic rings. The quantitative estimate of drug-likeness (QED) is 0.769. The third-order valence-corrected chi connectivity index (χ3v) is 3.79. The highest BCUT2D eigenvalue weighted by atomic mass is 16.5. The summed E-state index contributed by atoms with van der Waals surface area (Å²) in [7, 11) is 2.14. The number of carboxylic acid groups (broad SMARTS) is 1. The van der Waals surface area contributed by atoms with Crippen molar-refractivity contribution < 1.29 is 14.6 Å². The minimum atomic E-state index is -0.820. The van der Waals surface area contributed by atoms with E-state index in [4.69, 9.17) is 9.84 Å². The topological polar surface area (TPSA) is 53.0 Å². The van der Waals surface area contributed by atoms with Gasteiger partial charge in [0.15, 0.2) is 6.10 Å². The zero-order valence-electron chi connectivity index (χ0n) is 10.6. The molecule has 2 fully saturated rings. The number of carbonyl (C=O) groups is 1. The molecule has 2 heterocycles. The number of likely N-dealkylation sites (N-methyl/N-ethyl adjacent to an activating group) is 1. The van der Waals surface area contributed by atoms with Crippen molar-refractivity contribution in [1.29, 1.82) is 0 Å². The zero-order valence-corrected chi connectivity index (χ0v) is 10.6. The Kier molecular flexibility index (Phi) is 4.01. The van der Waals surface area contributed by atoms with Gasteiger partial charge in [-0.2, -0.15) is 0 Å². The van der Waals surface area contributed by atoms with E-state index in [1.807, 2.05) is 0 Å². The number of carboxylic acids is 1. The average Bonchev–Trinajstić information content (AvgIpc) is 2.71. The molecule has 0 aromatic rings. The molecule has 0 aromatic carbocycles. The highest BCUT2D eigenvalue weighted by molar-refractivity contribution is 5.72. The van der Waals surface area contributed by atoms with E-state index in [-0.39, 0.29) is 6.10 Å². The molecule has 0 amide bonds. The van der Waals surface area contributed by atoms with Crippen molar-refractivity contribution in [2.75, 3.05) is 33.2 Å². The number of nitrogens with zero attached hydrogens (tertiary/aromatic N) is 2. The monoisotopic (exact) mass is 242 g/mol. The average molecular weight is 242 g/mol. The summed E-state index contributed by atoms with van der Waals surface area (Å²) in [6.45, 7) is 6.31. The summed E-state index contributed by atoms with van der Waals surface area (Å²) in [5.74, 6) is -0.820. The fourth-order valence-corrected chi connectivity index (χ4v) is 2.73. The summed E-state index contributed by atoms with van der Waals surface area (Å²) in [5.41, 5.74) is 0. The molecule has 2 rings (SSSR count). The van der Waals surface area contributed by atoms with Crippen molar-refractivity contribution >= 4 is 5.97 Å². The van der Waals surface area contributed by atoms with Gasteiger partial charge in [-0.1, -0.05) is 0 Å². The Morgan fingerprint density at radius 3 is 2.76 bits per heavy atom. The van der Waals surface area contributed by atoms with Crippen LogP contribution in [0, 0.1) is 0 Å². The van der Waals surface area contributed by atoms with Crippen LogP contribution in [-0.2, 0) is 9.53 Å². The maximum atomic E-state index is 10.8. The first-order valence-electron chi connectivity index (χ1n) is 6.37. The Morgan fingerprint density at radius 2 is 2.18 bits per heavy atom. The first-order valence-corrected chi connectivity index (χ1v) is 6.37. The Morgan fingerprint density at radius 1 is 1.41 bits per heavy atom. The summed E-state index contributed by atoms with van der Waals surface area (Å²) in [6, 6.07) is 0.529. The second kappa shape index (κ2) is 5.33. The lowest BCUT2D eigenvalue weighted by Gasteiger charge is -2.39. The standard InChI is InChI=1S/C12H22N2O3/c1-9-7-13(2)5-6-14(9)8-10-3-4-11(17-10)12(15)16/h9-11H,3-8H2,1-2H3,(H,15,16). The van der Waals surface area contributed by atoms with Crippen molar-refractivity contribution in [2.45, 2.75) is 38.0 Å². The van der Waals surface area contributed by atoms with Gasteiger partial charge in [0.1, 0.15) is 0 Å². The Hall–Kier alpha value is -0.650. The number of rotatable bonds is 3. The highest BCUT2D eigenvalue weighted by Gasteiger charge is 2.33. The third kappa shape index (κ3) is 3.18. The molecule has 0 aromatic heterocycles. The van der Waals surface area contributed by atoms with E-state index in [2.05, 4.69) is 23.8 Å². The minimum absolute atomic E-state index is 0.0990. The second-order valence-electron chi connectivity index (χ2n) is 5.27. The van der Waals surface area contributed by atoms with Gasteiger partial charge in [0.25, 0.3) is 0 Å². The van der Waals surface area contributed by atoms with E-state index in [1.54, 1.807) is 0 Å². The molecule has 17 heavy (non-hydrogen) atoms. The molecule has 0 bridgehead atoms. The van der Waals surface area contributed by atoms with Gasteiger partial charge >= 0.3 is 5.97 Å². The molecular weight excluding hydrogens is 220 g/mol. The van der Waals surface area contributed by atoms with E-state index < -0.39 is 12.1 Å². The molecule has 98 valence electrons. The lowest BCUT2D eigenvalue weighted by molar-refractivity contribution is -0.149. The molecule has 0 radical (unpaired) electrons. The van der Waals surface area contributed by atoms with Crippen molar-refractivity contribution in [2.24, 2.45) is 0 Å². The molecule has 1 N–H and O–H groups in total. The zero-order chi connectivity index (χ0) is 12.4. The van der Waals surface area contributed by atoms with E-state index >= 15 is 0 Å². The summed E-state index contributed by atoms with van der Waals surface area (Å²) in [4.78, 5) is 15.5. The number of piperazine rings is 1. The molecule has 0 saturated carbocycles. The van der Waals surface area contributed by atoms with Gasteiger partial charge in [0, 0.05) is 32.2 Å². The van der Waals surface area contributed by atoms with Crippen LogP contribution in [0.1, 0.15) is 19.8 Å². The molecular formula is C12H22N2O3. The maximum Gasteiger partial charge on any atom is 0.332 e. The minimum Gasteiger partial charge on any atom is -0.479 e. The van der Waals surface area contributed by atoms with E-state index in [9.17, 15) is 4.79 Å². The first kappa shape index (κ1) is 12.8. The van der Waals surface area contributed by atoms with Crippen LogP contribution in [0.25, 0.3) is 0 Å². The van der Waals surface area contributed by atoms with Gasteiger partial charge in [-0.05, 0) is 26.8 Å². The van der Waals surface area contributed by atoms with Crippen molar-refractivity contribution in [3.05, 3.63) is 0 Å².